The van der Waals surface area contributed by atoms with E-state index in [9.17, 15) is 4.79 Å². The molecule has 1 fully saturated rings. The first-order valence-electron chi connectivity index (χ1n) is 10.4. The van der Waals surface area contributed by atoms with E-state index in [2.05, 4.69) is 57.2 Å². The molecule has 2 aromatic carbocycles. The van der Waals surface area contributed by atoms with E-state index in [0.29, 0.717) is 18.2 Å². The Labute approximate surface area is 175 Å². The van der Waals surface area contributed by atoms with Crippen molar-refractivity contribution in [3.63, 3.8) is 0 Å². The number of methoxy groups -OCH3 is 1. The lowest BCUT2D eigenvalue weighted by Gasteiger charge is -2.25. The molecule has 0 radical (unpaired) electrons. The van der Waals surface area contributed by atoms with Crippen LogP contribution in [0.3, 0.4) is 0 Å². The topological polar surface area (TPSA) is 57.0 Å². The third-order valence-electron chi connectivity index (χ3n) is 5.67. The summed E-state index contributed by atoms with van der Waals surface area (Å²) in [6.07, 6.45) is 7.31. The lowest BCUT2D eigenvalue weighted by Crippen LogP contribution is -2.17. The molecule has 1 aliphatic rings. The zero-order valence-electron chi connectivity index (χ0n) is 16.8. The van der Waals surface area contributed by atoms with E-state index in [1.807, 2.05) is 0 Å². The minimum atomic E-state index is -0.183. The second kappa shape index (κ2) is 9.44. The van der Waals surface area contributed by atoms with Gasteiger partial charge in [0.15, 0.2) is 5.16 Å². The molecular formula is C23H27N3O2S. The number of thioether (sulfide) groups is 1. The highest BCUT2D eigenvalue weighted by molar-refractivity contribution is 7.99. The molecule has 0 saturated heterocycles. The Kier molecular flexibility index (Phi) is 6.49. The van der Waals surface area contributed by atoms with Crippen molar-refractivity contribution in [2.45, 2.75) is 56.1 Å². The van der Waals surface area contributed by atoms with Gasteiger partial charge in [-0.25, -0.2) is 0 Å². The van der Waals surface area contributed by atoms with E-state index >= 15 is 0 Å². The monoisotopic (exact) mass is 409 g/mol. The van der Waals surface area contributed by atoms with E-state index in [4.69, 9.17) is 4.74 Å². The molecule has 152 valence electrons. The number of hydrogen-bond acceptors (Lipinski definition) is 5. The van der Waals surface area contributed by atoms with Gasteiger partial charge in [0.25, 0.3) is 0 Å². The van der Waals surface area contributed by atoms with Crippen LogP contribution in [-0.2, 0) is 16.0 Å². The van der Waals surface area contributed by atoms with Gasteiger partial charge < -0.3 is 9.30 Å². The average molecular weight is 410 g/mol. The molecule has 1 heterocycles. The highest BCUT2D eigenvalue weighted by atomic mass is 32.2. The van der Waals surface area contributed by atoms with Gasteiger partial charge in [0.05, 0.1) is 13.5 Å². The lowest BCUT2D eigenvalue weighted by molar-refractivity contribution is -0.140. The molecule has 4 rings (SSSR count). The van der Waals surface area contributed by atoms with Crippen LogP contribution in [0.25, 0.3) is 10.8 Å². The molecule has 1 aliphatic carbocycles. The van der Waals surface area contributed by atoms with Gasteiger partial charge in [-0.3, -0.25) is 4.79 Å². The Hall–Kier alpha value is -2.34. The zero-order valence-corrected chi connectivity index (χ0v) is 17.7. The smallest absolute Gasteiger partial charge is 0.306 e. The average Bonchev–Trinajstić information content (AvgIpc) is 3.16. The number of carbonyl (C=O) groups excluding carboxylic acids is 1. The molecule has 0 amide bonds. The minimum Gasteiger partial charge on any atom is -0.469 e. The summed E-state index contributed by atoms with van der Waals surface area (Å²) in [6.45, 7) is 0. The molecule has 1 saturated carbocycles. The van der Waals surface area contributed by atoms with Crippen molar-refractivity contribution in [1.29, 1.82) is 0 Å². The van der Waals surface area contributed by atoms with Gasteiger partial charge in [-0.2, -0.15) is 0 Å². The molecule has 0 unspecified atom stereocenters. The standard InChI is InChI=1S/C23H27N3O2S/c1-28-22(27)14-15-29-23-25-24-21(26(23)19-11-3-2-4-12-19)16-18-10-7-9-17-8-5-6-13-20(17)18/h5-10,13,19H,2-4,11-12,14-16H2,1H3. The van der Waals surface area contributed by atoms with E-state index in [1.54, 1.807) is 11.8 Å². The number of aromatic nitrogens is 3. The molecule has 0 atom stereocenters. The maximum Gasteiger partial charge on any atom is 0.306 e. The fourth-order valence-electron chi connectivity index (χ4n) is 4.18. The van der Waals surface area contributed by atoms with Crippen LogP contribution >= 0.6 is 11.8 Å². The van der Waals surface area contributed by atoms with Gasteiger partial charge in [-0.1, -0.05) is 73.5 Å². The van der Waals surface area contributed by atoms with Gasteiger partial charge in [-0.05, 0) is 29.2 Å². The summed E-state index contributed by atoms with van der Waals surface area (Å²) in [5.74, 6) is 1.50. The van der Waals surface area contributed by atoms with Gasteiger partial charge in [0.2, 0.25) is 0 Å². The quantitative estimate of drug-likeness (QED) is 0.397. The first-order chi connectivity index (χ1) is 14.3. The van der Waals surface area contributed by atoms with Crippen LogP contribution in [0.1, 0.15) is 56.0 Å². The summed E-state index contributed by atoms with van der Waals surface area (Å²) in [5.41, 5.74) is 1.28. The van der Waals surface area contributed by atoms with Crippen molar-refractivity contribution in [1.82, 2.24) is 14.8 Å². The van der Waals surface area contributed by atoms with Crippen LogP contribution in [0.5, 0.6) is 0 Å². The second-order valence-corrected chi connectivity index (χ2v) is 8.61. The predicted molar refractivity (Wildman–Crippen MR) is 116 cm³/mol. The number of rotatable bonds is 7. The highest BCUT2D eigenvalue weighted by Crippen LogP contribution is 2.34. The van der Waals surface area contributed by atoms with Crippen LogP contribution in [0.2, 0.25) is 0 Å². The SMILES string of the molecule is COC(=O)CCSc1nnc(Cc2cccc3ccccc23)n1C1CCCCC1. The van der Waals surface area contributed by atoms with Crippen molar-refractivity contribution in [3.8, 4) is 0 Å². The van der Waals surface area contributed by atoms with Gasteiger partial charge >= 0.3 is 5.97 Å². The maximum absolute atomic E-state index is 11.5. The van der Waals surface area contributed by atoms with E-state index in [-0.39, 0.29) is 5.97 Å². The van der Waals surface area contributed by atoms with E-state index < -0.39 is 0 Å². The Bertz CT molecular complexity index is 974. The number of nitrogens with zero attached hydrogens (tertiary/aromatic N) is 3. The molecule has 3 aromatic rings. The largest absolute Gasteiger partial charge is 0.469 e. The summed E-state index contributed by atoms with van der Waals surface area (Å²) in [6, 6.07) is 15.4. The molecule has 29 heavy (non-hydrogen) atoms. The zero-order chi connectivity index (χ0) is 20.1. The Morgan fingerprint density at radius 3 is 2.72 bits per heavy atom. The number of esters is 1. The number of benzene rings is 2. The van der Waals surface area contributed by atoms with Gasteiger partial charge in [-0.15, -0.1) is 10.2 Å². The van der Waals surface area contributed by atoms with Crippen LogP contribution in [0, 0.1) is 0 Å². The van der Waals surface area contributed by atoms with Crippen molar-refractivity contribution in [2.24, 2.45) is 0 Å². The molecule has 0 bridgehead atoms. The summed E-state index contributed by atoms with van der Waals surface area (Å²) in [5, 5.41) is 12.6. The highest BCUT2D eigenvalue weighted by Gasteiger charge is 2.23. The molecule has 1 aromatic heterocycles. The Morgan fingerprint density at radius 1 is 1.10 bits per heavy atom. The van der Waals surface area contributed by atoms with E-state index in [0.717, 1.165) is 17.4 Å². The summed E-state index contributed by atoms with van der Waals surface area (Å²) in [4.78, 5) is 11.5. The first-order valence-corrected chi connectivity index (χ1v) is 11.3. The molecule has 6 heteroatoms. The molecule has 0 spiro atoms. The van der Waals surface area contributed by atoms with Crippen molar-refractivity contribution >= 4 is 28.5 Å². The van der Waals surface area contributed by atoms with Crippen molar-refractivity contribution in [2.75, 3.05) is 12.9 Å². The number of hydrogen-bond donors (Lipinski definition) is 0. The fourth-order valence-corrected chi connectivity index (χ4v) is 5.12. The lowest BCUT2D eigenvalue weighted by atomic mass is 9.95. The Balaban J connectivity index is 1.62. The third-order valence-corrected chi connectivity index (χ3v) is 6.61. The van der Waals surface area contributed by atoms with Gasteiger partial charge in [0, 0.05) is 18.2 Å². The van der Waals surface area contributed by atoms with Crippen LogP contribution < -0.4 is 0 Å². The predicted octanol–water partition coefficient (Wildman–Crippen LogP) is 5.18. The number of ether oxygens (including phenoxy) is 1. The molecular weight excluding hydrogens is 382 g/mol. The molecule has 0 aliphatic heterocycles. The second-order valence-electron chi connectivity index (χ2n) is 7.55. The van der Waals surface area contributed by atoms with Crippen LogP contribution in [0.15, 0.2) is 47.6 Å². The van der Waals surface area contributed by atoms with Crippen LogP contribution in [-0.4, -0.2) is 33.6 Å². The maximum atomic E-state index is 11.5. The third kappa shape index (κ3) is 4.64. The minimum absolute atomic E-state index is 0.183. The normalized spacial score (nSPS) is 14.9. The van der Waals surface area contributed by atoms with Crippen molar-refractivity contribution < 1.29 is 9.53 Å². The Morgan fingerprint density at radius 2 is 1.90 bits per heavy atom. The van der Waals surface area contributed by atoms with Crippen LogP contribution in [0.4, 0.5) is 0 Å². The number of carbonyl (C=O) groups is 1. The summed E-state index contributed by atoms with van der Waals surface area (Å²) < 4.78 is 7.11. The molecule has 0 N–H and O–H groups in total. The molecule has 5 nitrogen and oxygen atoms in total. The summed E-state index contributed by atoms with van der Waals surface area (Å²) in [7, 11) is 1.43. The fraction of sp³-hybridized carbons (Fsp3) is 0.435. The van der Waals surface area contributed by atoms with Gasteiger partial charge in [0.1, 0.15) is 5.82 Å². The number of fused-ring (bicyclic) bond motifs is 1. The van der Waals surface area contributed by atoms with E-state index in [1.165, 1.54) is 55.5 Å². The summed E-state index contributed by atoms with van der Waals surface area (Å²) >= 11 is 1.61. The first kappa shape index (κ1) is 20.0. The van der Waals surface area contributed by atoms with Crippen molar-refractivity contribution in [3.05, 3.63) is 53.9 Å².